The second kappa shape index (κ2) is 18.5. The van der Waals surface area contributed by atoms with E-state index < -0.39 is 5.97 Å². The first kappa shape index (κ1) is 24.7. The van der Waals surface area contributed by atoms with Crippen molar-refractivity contribution in [1.29, 1.82) is 0 Å². The SMILES string of the molecule is C=C(C)C(=O)NCCCCCCCCCCCCCCCCCC(=O)O. The molecule has 0 atom stereocenters. The summed E-state index contributed by atoms with van der Waals surface area (Å²) in [6.07, 6.45) is 18.9. The van der Waals surface area contributed by atoms with Crippen molar-refractivity contribution >= 4 is 11.9 Å². The Kier molecular flexibility index (Phi) is 17.5. The Bertz CT molecular complexity index is 380. The number of rotatable bonds is 19. The van der Waals surface area contributed by atoms with Crippen molar-refractivity contribution in [2.45, 2.75) is 110 Å². The molecule has 0 fully saturated rings. The number of hydrogen-bond donors (Lipinski definition) is 2. The van der Waals surface area contributed by atoms with E-state index in [1.165, 1.54) is 77.0 Å². The lowest BCUT2D eigenvalue weighted by Crippen LogP contribution is -2.24. The van der Waals surface area contributed by atoms with Crippen LogP contribution in [-0.2, 0) is 9.59 Å². The van der Waals surface area contributed by atoms with E-state index >= 15 is 0 Å². The van der Waals surface area contributed by atoms with Gasteiger partial charge in [-0.1, -0.05) is 90.0 Å². The summed E-state index contributed by atoms with van der Waals surface area (Å²) < 4.78 is 0. The van der Waals surface area contributed by atoms with Crippen molar-refractivity contribution in [3.8, 4) is 0 Å². The van der Waals surface area contributed by atoms with E-state index in [9.17, 15) is 9.59 Å². The van der Waals surface area contributed by atoms with Crippen molar-refractivity contribution < 1.29 is 14.7 Å². The van der Waals surface area contributed by atoms with Gasteiger partial charge in [0, 0.05) is 18.5 Å². The van der Waals surface area contributed by atoms with Crippen LogP contribution >= 0.6 is 0 Å². The fourth-order valence-corrected chi connectivity index (χ4v) is 3.05. The Labute approximate surface area is 160 Å². The number of carbonyl (C=O) groups is 2. The van der Waals surface area contributed by atoms with Crippen LogP contribution in [-0.4, -0.2) is 23.5 Å². The molecule has 26 heavy (non-hydrogen) atoms. The van der Waals surface area contributed by atoms with Crippen LogP contribution in [0.4, 0.5) is 0 Å². The zero-order valence-electron chi connectivity index (χ0n) is 17.0. The molecule has 0 aliphatic rings. The molecule has 4 heteroatoms. The zero-order chi connectivity index (χ0) is 19.5. The molecule has 0 aromatic rings. The smallest absolute Gasteiger partial charge is 0.303 e. The normalized spacial score (nSPS) is 10.7. The van der Waals surface area contributed by atoms with Gasteiger partial charge in [0.2, 0.25) is 5.91 Å². The molecule has 0 aromatic heterocycles. The molecule has 0 unspecified atom stereocenters. The molecule has 0 saturated carbocycles. The molecule has 0 saturated heterocycles. The molecule has 0 aromatic carbocycles. The maximum Gasteiger partial charge on any atom is 0.303 e. The lowest BCUT2D eigenvalue weighted by Gasteiger charge is -2.05. The fourth-order valence-electron chi connectivity index (χ4n) is 3.05. The van der Waals surface area contributed by atoms with Crippen LogP contribution in [0.25, 0.3) is 0 Å². The Balaban J connectivity index is 3.08. The average Bonchev–Trinajstić information content (AvgIpc) is 2.60. The van der Waals surface area contributed by atoms with E-state index in [0.29, 0.717) is 12.0 Å². The van der Waals surface area contributed by atoms with Crippen LogP contribution in [0, 0.1) is 0 Å². The number of carbonyl (C=O) groups excluding carboxylic acids is 1. The molecule has 2 N–H and O–H groups in total. The van der Waals surface area contributed by atoms with Gasteiger partial charge in [-0.3, -0.25) is 9.59 Å². The Hall–Kier alpha value is -1.32. The van der Waals surface area contributed by atoms with Gasteiger partial charge < -0.3 is 10.4 Å². The second-order valence-electron chi connectivity index (χ2n) is 7.48. The van der Waals surface area contributed by atoms with Gasteiger partial charge in [0.05, 0.1) is 0 Å². The Morgan fingerprint density at radius 2 is 1.04 bits per heavy atom. The van der Waals surface area contributed by atoms with Crippen molar-refractivity contribution in [2.75, 3.05) is 6.54 Å². The van der Waals surface area contributed by atoms with Crippen molar-refractivity contribution in [3.05, 3.63) is 12.2 Å². The highest BCUT2D eigenvalue weighted by atomic mass is 16.4. The first-order valence-electron chi connectivity index (χ1n) is 10.7. The summed E-state index contributed by atoms with van der Waals surface area (Å²) in [6, 6.07) is 0. The summed E-state index contributed by atoms with van der Waals surface area (Å²) >= 11 is 0. The summed E-state index contributed by atoms with van der Waals surface area (Å²) in [7, 11) is 0. The molecule has 0 aliphatic carbocycles. The van der Waals surface area contributed by atoms with Gasteiger partial charge in [-0.05, 0) is 19.8 Å². The van der Waals surface area contributed by atoms with Gasteiger partial charge in [-0.25, -0.2) is 0 Å². The monoisotopic (exact) mass is 367 g/mol. The topological polar surface area (TPSA) is 66.4 Å². The van der Waals surface area contributed by atoms with E-state index in [2.05, 4.69) is 11.9 Å². The summed E-state index contributed by atoms with van der Waals surface area (Å²) in [5, 5.41) is 11.4. The molecule has 152 valence electrons. The first-order valence-corrected chi connectivity index (χ1v) is 10.7. The molecule has 0 aliphatic heterocycles. The van der Waals surface area contributed by atoms with Crippen LogP contribution < -0.4 is 5.32 Å². The molecule has 4 nitrogen and oxygen atoms in total. The highest BCUT2D eigenvalue weighted by Crippen LogP contribution is 2.13. The fraction of sp³-hybridized carbons (Fsp3) is 0.818. The first-order chi connectivity index (χ1) is 12.5. The Morgan fingerprint density at radius 3 is 1.38 bits per heavy atom. The number of nitrogens with one attached hydrogen (secondary N) is 1. The standard InChI is InChI=1S/C22H41NO3/c1-20(2)22(26)23-19-17-15-13-11-9-7-5-3-4-6-8-10-12-14-16-18-21(24)25/h1,3-19H2,2H3,(H,23,26)(H,24,25). The van der Waals surface area contributed by atoms with Gasteiger partial charge in [-0.2, -0.15) is 0 Å². The minimum absolute atomic E-state index is 0.0248. The van der Waals surface area contributed by atoms with Crippen LogP contribution in [0.1, 0.15) is 110 Å². The van der Waals surface area contributed by atoms with Crippen molar-refractivity contribution in [2.24, 2.45) is 0 Å². The van der Waals surface area contributed by atoms with Crippen molar-refractivity contribution in [1.82, 2.24) is 5.32 Å². The summed E-state index contributed by atoms with van der Waals surface area (Å²) in [4.78, 5) is 21.7. The van der Waals surface area contributed by atoms with Crippen LogP contribution in [0.2, 0.25) is 0 Å². The quantitative estimate of drug-likeness (QED) is 0.217. The minimum atomic E-state index is -0.669. The van der Waals surface area contributed by atoms with Crippen molar-refractivity contribution in [3.63, 3.8) is 0 Å². The minimum Gasteiger partial charge on any atom is -0.481 e. The third-order valence-electron chi connectivity index (χ3n) is 4.74. The van der Waals surface area contributed by atoms with E-state index in [0.717, 1.165) is 25.8 Å². The molecule has 1 amide bonds. The number of hydrogen-bond acceptors (Lipinski definition) is 2. The van der Waals surface area contributed by atoms with Crippen LogP contribution in [0.5, 0.6) is 0 Å². The lowest BCUT2D eigenvalue weighted by molar-refractivity contribution is -0.137. The van der Waals surface area contributed by atoms with Crippen LogP contribution in [0.15, 0.2) is 12.2 Å². The molecule has 0 spiro atoms. The average molecular weight is 368 g/mol. The number of aliphatic carboxylic acids is 1. The predicted octanol–water partition coefficient (Wildman–Crippen LogP) is 6.00. The van der Waals surface area contributed by atoms with E-state index in [4.69, 9.17) is 5.11 Å². The number of amides is 1. The molecular formula is C22H41NO3. The maximum atomic E-state index is 11.3. The third kappa shape index (κ3) is 19.0. The molecule has 0 radical (unpaired) electrons. The molecule has 0 heterocycles. The number of carboxylic acids is 1. The third-order valence-corrected chi connectivity index (χ3v) is 4.74. The highest BCUT2D eigenvalue weighted by Gasteiger charge is 1.99. The van der Waals surface area contributed by atoms with Crippen LogP contribution in [0.3, 0.4) is 0 Å². The van der Waals surface area contributed by atoms with E-state index in [1.54, 1.807) is 6.92 Å². The van der Waals surface area contributed by atoms with Gasteiger partial charge in [-0.15, -0.1) is 0 Å². The predicted molar refractivity (Wildman–Crippen MR) is 109 cm³/mol. The number of carboxylic acid groups (broad SMARTS) is 1. The van der Waals surface area contributed by atoms with E-state index in [1.807, 2.05) is 0 Å². The van der Waals surface area contributed by atoms with Gasteiger partial charge in [0.1, 0.15) is 0 Å². The highest BCUT2D eigenvalue weighted by molar-refractivity contribution is 5.91. The lowest BCUT2D eigenvalue weighted by atomic mass is 10.0. The van der Waals surface area contributed by atoms with E-state index in [-0.39, 0.29) is 5.91 Å². The summed E-state index contributed by atoms with van der Waals surface area (Å²) in [5.74, 6) is -0.694. The van der Waals surface area contributed by atoms with Gasteiger partial charge >= 0.3 is 5.97 Å². The largest absolute Gasteiger partial charge is 0.481 e. The molecule has 0 bridgehead atoms. The Morgan fingerprint density at radius 1 is 0.692 bits per heavy atom. The maximum absolute atomic E-state index is 11.3. The summed E-state index contributed by atoms with van der Waals surface area (Å²) in [6.45, 7) is 6.13. The number of unbranched alkanes of at least 4 members (excludes halogenated alkanes) is 14. The summed E-state index contributed by atoms with van der Waals surface area (Å²) in [5.41, 5.74) is 0.584. The van der Waals surface area contributed by atoms with Gasteiger partial charge in [0.25, 0.3) is 0 Å². The molecule has 0 rings (SSSR count). The van der Waals surface area contributed by atoms with Gasteiger partial charge in [0.15, 0.2) is 0 Å². The molecular weight excluding hydrogens is 326 g/mol. The zero-order valence-corrected chi connectivity index (χ0v) is 17.0. The second-order valence-corrected chi connectivity index (χ2v) is 7.48.